The molecule has 1 fully saturated rings. The van der Waals surface area contributed by atoms with Gasteiger partial charge in [0.05, 0.1) is 28.8 Å². The molecular weight excluding hydrogens is 418 g/mol. The number of nitrogens with one attached hydrogen (secondary N) is 2. The fourth-order valence-electron chi connectivity index (χ4n) is 3.88. The van der Waals surface area contributed by atoms with Crippen LogP contribution < -0.4 is 16.8 Å². The van der Waals surface area contributed by atoms with E-state index in [1.165, 1.54) is 0 Å². The van der Waals surface area contributed by atoms with Gasteiger partial charge in [-0.15, -0.1) is 0 Å². The molecule has 6 N–H and O–H groups in total. The number of nitrogen functional groups attached to an aromatic ring is 1. The monoisotopic (exact) mass is 441 g/mol. The lowest BCUT2D eigenvalue weighted by Crippen LogP contribution is -2.22. The first kappa shape index (κ1) is 20.6. The number of carbonyl (C=O) groups is 2. The lowest BCUT2D eigenvalue weighted by Gasteiger charge is -2.16. The van der Waals surface area contributed by atoms with Gasteiger partial charge in [-0.3, -0.25) is 14.7 Å². The van der Waals surface area contributed by atoms with E-state index in [1.54, 1.807) is 18.3 Å². The van der Waals surface area contributed by atoms with E-state index in [9.17, 15) is 9.59 Å². The van der Waals surface area contributed by atoms with Gasteiger partial charge in [-0.05, 0) is 43.5 Å². The van der Waals surface area contributed by atoms with Crippen LogP contribution >= 0.6 is 0 Å². The minimum Gasteiger partial charge on any atom is -0.395 e. The van der Waals surface area contributed by atoms with Crippen LogP contribution in [0.2, 0.25) is 0 Å². The number of nitrogens with two attached hydrogens (primary N) is 2. The Morgan fingerprint density at radius 2 is 1.88 bits per heavy atom. The van der Waals surface area contributed by atoms with E-state index in [-0.39, 0.29) is 28.5 Å². The van der Waals surface area contributed by atoms with Gasteiger partial charge in [0, 0.05) is 21.9 Å². The third kappa shape index (κ3) is 3.47. The van der Waals surface area contributed by atoms with E-state index in [1.807, 2.05) is 38.1 Å². The number of para-hydroxylation sites is 1. The predicted molar refractivity (Wildman–Crippen MR) is 126 cm³/mol. The molecule has 2 aromatic heterocycles. The van der Waals surface area contributed by atoms with Gasteiger partial charge in [-0.1, -0.05) is 25.1 Å². The van der Waals surface area contributed by atoms with Gasteiger partial charge in [-0.25, -0.2) is 9.97 Å². The molecule has 0 radical (unpaired) electrons. The molecule has 0 aliphatic heterocycles. The van der Waals surface area contributed by atoms with Gasteiger partial charge in [0.1, 0.15) is 0 Å². The summed E-state index contributed by atoms with van der Waals surface area (Å²) in [4.78, 5) is 34.1. The van der Waals surface area contributed by atoms with Crippen molar-refractivity contribution >= 4 is 34.1 Å². The second-order valence-corrected chi connectivity index (χ2v) is 8.67. The van der Waals surface area contributed by atoms with Gasteiger partial charge in [-0.2, -0.15) is 5.10 Å². The molecule has 33 heavy (non-hydrogen) atoms. The summed E-state index contributed by atoms with van der Waals surface area (Å²) >= 11 is 0. The quantitative estimate of drug-likeness (QED) is 0.372. The summed E-state index contributed by atoms with van der Waals surface area (Å²) in [5, 5.41) is 10.9. The van der Waals surface area contributed by atoms with E-state index in [4.69, 9.17) is 16.5 Å². The highest BCUT2D eigenvalue weighted by molar-refractivity contribution is 6.05. The number of H-pyrrole nitrogens is 1. The summed E-state index contributed by atoms with van der Waals surface area (Å²) in [6, 6.07) is 11.0. The molecule has 0 spiro atoms. The van der Waals surface area contributed by atoms with E-state index in [2.05, 4.69) is 20.5 Å². The standard InChI is InChI=1S/C24H23N7O2/c1-12-7-8-16-14(11-27-31-16)17(12)19-18(25)20(21(26)32)30-22(29-19)13-5-3-4-6-15(13)28-23(33)24(2)9-10-24/h3-8,11H,9-10,25H2,1-2H3,(H2,26,32)(H,27,31)(H,28,33). The van der Waals surface area contributed by atoms with Gasteiger partial charge in [0.15, 0.2) is 11.5 Å². The Hall–Kier alpha value is -4.27. The zero-order valence-corrected chi connectivity index (χ0v) is 18.3. The van der Waals surface area contributed by atoms with Crippen molar-refractivity contribution in [2.24, 2.45) is 11.1 Å². The predicted octanol–water partition coefficient (Wildman–Crippen LogP) is 3.42. The molecular formula is C24H23N7O2. The second-order valence-electron chi connectivity index (χ2n) is 8.67. The summed E-state index contributed by atoms with van der Waals surface area (Å²) in [5.41, 5.74) is 15.6. The lowest BCUT2D eigenvalue weighted by atomic mass is 9.99. The van der Waals surface area contributed by atoms with Crippen molar-refractivity contribution in [2.75, 3.05) is 11.1 Å². The topological polar surface area (TPSA) is 153 Å². The maximum Gasteiger partial charge on any atom is 0.269 e. The molecule has 2 amide bonds. The average Bonchev–Trinajstić information content (AvgIpc) is 3.37. The summed E-state index contributed by atoms with van der Waals surface area (Å²) in [7, 11) is 0. The molecule has 0 unspecified atom stereocenters. The number of carbonyl (C=O) groups excluding carboxylic acids is 2. The largest absolute Gasteiger partial charge is 0.395 e. The smallest absolute Gasteiger partial charge is 0.269 e. The van der Waals surface area contributed by atoms with Crippen LogP contribution in [0.4, 0.5) is 11.4 Å². The molecule has 166 valence electrons. The van der Waals surface area contributed by atoms with E-state index >= 15 is 0 Å². The van der Waals surface area contributed by atoms with Crippen molar-refractivity contribution in [3.8, 4) is 22.6 Å². The van der Waals surface area contributed by atoms with E-state index < -0.39 is 5.91 Å². The number of aromatic nitrogens is 4. The van der Waals surface area contributed by atoms with Crippen LogP contribution in [0.1, 0.15) is 35.8 Å². The highest BCUT2D eigenvalue weighted by Gasteiger charge is 2.45. The molecule has 1 aliphatic carbocycles. The molecule has 2 aromatic carbocycles. The summed E-state index contributed by atoms with van der Waals surface area (Å²) < 4.78 is 0. The van der Waals surface area contributed by atoms with Crippen molar-refractivity contribution in [3.05, 3.63) is 53.9 Å². The van der Waals surface area contributed by atoms with Crippen LogP contribution in [0.25, 0.3) is 33.5 Å². The van der Waals surface area contributed by atoms with Crippen molar-refractivity contribution in [1.82, 2.24) is 20.2 Å². The Kier molecular flexibility index (Phi) is 4.63. The van der Waals surface area contributed by atoms with Crippen LogP contribution in [0.15, 0.2) is 42.6 Å². The number of nitrogens with zero attached hydrogens (tertiary/aromatic N) is 3. The first-order chi connectivity index (χ1) is 15.8. The molecule has 9 heteroatoms. The lowest BCUT2D eigenvalue weighted by molar-refractivity contribution is -0.120. The van der Waals surface area contributed by atoms with Gasteiger partial charge >= 0.3 is 0 Å². The number of hydrogen-bond donors (Lipinski definition) is 4. The number of rotatable bonds is 5. The maximum atomic E-state index is 12.7. The van der Waals surface area contributed by atoms with Crippen LogP contribution in [0.3, 0.4) is 0 Å². The Morgan fingerprint density at radius 3 is 2.61 bits per heavy atom. The fraction of sp³-hybridized carbons (Fsp3) is 0.208. The molecule has 2 heterocycles. The van der Waals surface area contributed by atoms with Crippen molar-refractivity contribution in [3.63, 3.8) is 0 Å². The molecule has 1 aliphatic rings. The van der Waals surface area contributed by atoms with E-state index in [0.717, 1.165) is 34.9 Å². The van der Waals surface area contributed by atoms with Crippen molar-refractivity contribution < 1.29 is 9.59 Å². The van der Waals surface area contributed by atoms with Crippen LogP contribution in [-0.4, -0.2) is 32.0 Å². The zero-order chi connectivity index (χ0) is 23.3. The average molecular weight is 441 g/mol. The Labute approximate surface area is 189 Å². The minimum atomic E-state index is -0.763. The minimum absolute atomic E-state index is 0.0558. The normalized spacial score (nSPS) is 14.2. The highest BCUT2D eigenvalue weighted by atomic mass is 16.2. The third-order valence-corrected chi connectivity index (χ3v) is 6.21. The van der Waals surface area contributed by atoms with Crippen LogP contribution in [-0.2, 0) is 4.79 Å². The number of anilines is 2. The van der Waals surface area contributed by atoms with Gasteiger partial charge in [0.25, 0.3) is 5.91 Å². The SMILES string of the molecule is Cc1ccc2[nH]ncc2c1-c1nc(-c2ccccc2NC(=O)C2(C)CC2)nc(C(N)=O)c1N. The van der Waals surface area contributed by atoms with Gasteiger partial charge < -0.3 is 16.8 Å². The number of aryl methyl sites for hydroxylation is 1. The van der Waals surface area contributed by atoms with Gasteiger partial charge in [0.2, 0.25) is 5.91 Å². The van der Waals surface area contributed by atoms with Crippen molar-refractivity contribution in [2.45, 2.75) is 26.7 Å². The molecule has 0 saturated heterocycles. The van der Waals surface area contributed by atoms with E-state index in [0.29, 0.717) is 16.9 Å². The number of hydrogen-bond acceptors (Lipinski definition) is 6. The van der Waals surface area contributed by atoms with Crippen LogP contribution in [0.5, 0.6) is 0 Å². The first-order valence-corrected chi connectivity index (χ1v) is 10.6. The summed E-state index contributed by atoms with van der Waals surface area (Å²) in [6.45, 7) is 3.86. The molecule has 0 bridgehead atoms. The maximum absolute atomic E-state index is 12.7. The number of benzene rings is 2. The second kappa shape index (κ2) is 7.40. The van der Waals surface area contributed by atoms with Crippen molar-refractivity contribution in [1.29, 1.82) is 0 Å². The number of amides is 2. The fourth-order valence-corrected chi connectivity index (χ4v) is 3.88. The first-order valence-electron chi connectivity index (χ1n) is 10.6. The Morgan fingerprint density at radius 1 is 1.12 bits per heavy atom. The Balaban J connectivity index is 1.72. The van der Waals surface area contributed by atoms with Crippen LogP contribution in [0, 0.1) is 12.3 Å². The summed E-state index contributed by atoms with van der Waals surface area (Å²) in [5.74, 6) is -0.578. The molecule has 9 nitrogen and oxygen atoms in total. The third-order valence-electron chi connectivity index (χ3n) is 6.21. The number of primary amides is 1. The Bertz CT molecular complexity index is 1440. The molecule has 0 atom stereocenters. The molecule has 4 aromatic rings. The molecule has 1 saturated carbocycles. The number of fused-ring (bicyclic) bond motifs is 1. The number of aromatic amines is 1. The summed E-state index contributed by atoms with van der Waals surface area (Å²) in [6.07, 6.45) is 3.39. The molecule has 5 rings (SSSR count). The zero-order valence-electron chi connectivity index (χ0n) is 18.3. The highest BCUT2D eigenvalue weighted by Crippen LogP contribution is 2.46.